The van der Waals surface area contributed by atoms with Gasteiger partial charge in [0.25, 0.3) is 5.91 Å². The van der Waals surface area contributed by atoms with E-state index in [2.05, 4.69) is 5.32 Å². The molecule has 5 heteroatoms. The van der Waals surface area contributed by atoms with Crippen LogP contribution in [0.1, 0.15) is 29.6 Å². The Bertz CT molecular complexity index is 428. The third-order valence-corrected chi connectivity index (χ3v) is 3.17. The summed E-state index contributed by atoms with van der Waals surface area (Å²) >= 11 is 0. The number of amides is 1. The first-order valence-corrected chi connectivity index (χ1v) is 6.22. The lowest BCUT2D eigenvalue weighted by Gasteiger charge is -2.23. The Kier molecular flexibility index (Phi) is 4.04. The number of hydrogen-bond acceptors (Lipinski definition) is 4. The fourth-order valence-corrected chi connectivity index (χ4v) is 2.13. The predicted molar refractivity (Wildman–Crippen MR) is 71.5 cm³/mol. The van der Waals surface area contributed by atoms with Crippen molar-refractivity contribution in [2.45, 2.75) is 25.4 Å². The van der Waals surface area contributed by atoms with E-state index in [9.17, 15) is 4.79 Å². The largest absolute Gasteiger partial charge is 0.396 e. The number of anilines is 2. The SMILES string of the molecule is NC(=O)c1cccc(NCC2CCCCO2)c1N. The molecule has 2 rings (SSSR count). The van der Waals surface area contributed by atoms with Crippen molar-refractivity contribution in [3.8, 4) is 0 Å². The Labute approximate surface area is 106 Å². The van der Waals surface area contributed by atoms with Crippen molar-refractivity contribution in [3.05, 3.63) is 23.8 Å². The van der Waals surface area contributed by atoms with E-state index in [1.54, 1.807) is 12.1 Å². The summed E-state index contributed by atoms with van der Waals surface area (Å²) in [5.74, 6) is -0.509. The second kappa shape index (κ2) is 5.73. The van der Waals surface area contributed by atoms with Gasteiger partial charge in [0.1, 0.15) is 0 Å². The van der Waals surface area contributed by atoms with E-state index in [0.717, 1.165) is 25.1 Å². The van der Waals surface area contributed by atoms with Gasteiger partial charge in [-0.3, -0.25) is 4.79 Å². The first-order valence-electron chi connectivity index (χ1n) is 6.22. The van der Waals surface area contributed by atoms with E-state index in [1.807, 2.05) is 6.07 Å². The van der Waals surface area contributed by atoms with Crippen molar-refractivity contribution in [1.82, 2.24) is 0 Å². The molecule has 5 N–H and O–H groups in total. The molecule has 0 saturated carbocycles. The summed E-state index contributed by atoms with van der Waals surface area (Å²) in [7, 11) is 0. The fourth-order valence-electron chi connectivity index (χ4n) is 2.13. The van der Waals surface area contributed by atoms with Crippen LogP contribution in [0.15, 0.2) is 18.2 Å². The van der Waals surface area contributed by atoms with Crippen LogP contribution in [0.2, 0.25) is 0 Å². The number of nitrogen functional groups attached to an aromatic ring is 1. The lowest BCUT2D eigenvalue weighted by atomic mass is 10.1. The van der Waals surface area contributed by atoms with Gasteiger partial charge in [-0.25, -0.2) is 0 Å². The number of carbonyl (C=O) groups excluding carboxylic acids is 1. The van der Waals surface area contributed by atoms with Gasteiger partial charge in [-0.15, -0.1) is 0 Å². The van der Waals surface area contributed by atoms with Crippen LogP contribution in [0.25, 0.3) is 0 Å². The lowest BCUT2D eigenvalue weighted by Crippen LogP contribution is -2.27. The van der Waals surface area contributed by atoms with Crippen molar-refractivity contribution in [2.24, 2.45) is 5.73 Å². The fraction of sp³-hybridized carbons (Fsp3) is 0.462. The van der Waals surface area contributed by atoms with Gasteiger partial charge in [0.2, 0.25) is 0 Å². The van der Waals surface area contributed by atoms with Crippen LogP contribution in [0.5, 0.6) is 0 Å². The van der Waals surface area contributed by atoms with Gasteiger partial charge in [-0.2, -0.15) is 0 Å². The Morgan fingerprint density at radius 3 is 2.94 bits per heavy atom. The van der Waals surface area contributed by atoms with E-state index < -0.39 is 5.91 Å². The topological polar surface area (TPSA) is 90.4 Å². The number of primary amides is 1. The van der Waals surface area contributed by atoms with Crippen LogP contribution in [0, 0.1) is 0 Å². The van der Waals surface area contributed by atoms with Crippen LogP contribution >= 0.6 is 0 Å². The van der Waals surface area contributed by atoms with Crippen molar-refractivity contribution < 1.29 is 9.53 Å². The minimum Gasteiger partial charge on any atom is -0.396 e. The molecule has 0 radical (unpaired) electrons. The molecule has 1 saturated heterocycles. The normalized spacial score (nSPS) is 19.4. The summed E-state index contributed by atoms with van der Waals surface area (Å²) < 4.78 is 5.62. The molecule has 1 aliphatic heterocycles. The minimum absolute atomic E-state index is 0.218. The summed E-state index contributed by atoms with van der Waals surface area (Å²) in [6.07, 6.45) is 3.61. The molecular formula is C13H19N3O2. The zero-order valence-corrected chi connectivity index (χ0v) is 10.3. The lowest BCUT2D eigenvalue weighted by molar-refractivity contribution is 0.0248. The van der Waals surface area contributed by atoms with Crippen LogP contribution in [0.4, 0.5) is 11.4 Å². The van der Waals surface area contributed by atoms with Crippen LogP contribution in [0.3, 0.4) is 0 Å². The summed E-state index contributed by atoms with van der Waals surface area (Å²) in [5, 5.41) is 3.22. The van der Waals surface area contributed by atoms with E-state index in [0.29, 0.717) is 17.8 Å². The number of benzene rings is 1. The molecule has 1 aromatic carbocycles. The second-order valence-corrected chi connectivity index (χ2v) is 4.50. The molecule has 0 aromatic heterocycles. The Morgan fingerprint density at radius 1 is 1.44 bits per heavy atom. The van der Waals surface area contributed by atoms with Crippen molar-refractivity contribution >= 4 is 17.3 Å². The third-order valence-electron chi connectivity index (χ3n) is 3.17. The molecule has 1 heterocycles. The number of hydrogen-bond donors (Lipinski definition) is 3. The van der Waals surface area contributed by atoms with E-state index in [1.165, 1.54) is 6.42 Å². The molecule has 5 nitrogen and oxygen atoms in total. The average Bonchev–Trinajstić information content (AvgIpc) is 2.38. The van der Waals surface area contributed by atoms with Gasteiger partial charge in [-0.05, 0) is 31.4 Å². The highest BCUT2D eigenvalue weighted by Crippen LogP contribution is 2.23. The Morgan fingerprint density at radius 2 is 2.28 bits per heavy atom. The molecule has 1 atom stereocenters. The molecule has 0 aliphatic carbocycles. The minimum atomic E-state index is -0.509. The summed E-state index contributed by atoms with van der Waals surface area (Å²) in [4.78, 5) is 11.2. The molecule has 1 amide bonds. The van der Waals surface area contributed by atoms with Gasteiger partial charge < -0.3 is 21.5 Å². The number of ether oxygens (including phenoxy) is 1. The standard InChI is InChI=1S/C13H19N3O2/c14-12-10(13(15)17)5-3-6-11(12)16-8-9-4-1-2-7-18-9/h3,5-6,9,16H,1-2,4,7-8,14H2,(H2,15,17). The molecule has 98 valence electrons. The van der Waals surface area contributed by atoms with E-state index in [-0.39, 0.29) is 6.10 Å². The smallest absolute Gasteiger partial charge is 0.250 e. The maximum absolute atomic E-state index is 11.2. The Hall–Kier alpha value is -1.75. The maximum atomic E-state index is 11.2. The van der Waals surface area contributed by atoms with Crippen molar-refractivity contribution in [2.75, 3.05) is 24.2 Å². The molecule has 1 unspecified atom stereocenters. The first-order chi connectivity index (χ1) is 8.68. The number of carbonyl (C=O) groups is 1. The van der Waals surface area contributed by atoms with Crippen LogP contribution in [-0.2, 0) is 4.74 Å². The Balaban J connectivity index is 2.00. The zero-order valence-electron chi connectivity index (χ0n) is 10.3. The monoisotopic (exact) mass is 249 g/mol. The van der Waals surface area contributed by atoms with Crippen molar-refractivity contribution in [1.29, 1.82) is 0 Å². The highest BCUT2D eigenvalue weighted by Gasteiger charge is 2.15. The first kappa shape index (κ1) is 12.7. The van der Waals surface area contributed by atoms with E-state index >= 15 is 0 Å². The molecule has 1 aromatic rings. The average molecular weight is 249 g/mol. The van der Waals surface area contributed by atoms with Crippen LogP contribution in [-0.4, -0.2) is 25.2 Å². The maximum Gasteiger partial charge on any atom is 0.250 e. The van der Waals surface area contributed by atoms with E-state index in [4.69, 9.17) is 16.2 Å². The number of nitrogens with two attached hydrogens (primary N) is 2. The number of nitrogens with one attached hydrogen (secondary N) is 1. The third kappa shape index (κ3) is 2.92. The zero-order chi connectivity index (χ0) is 13.0. The molecular weight excluding hydrogens is 230 g/mol. The van der Waals surface area contributed by atoms with Gasteiger partial charge in [0.15, 0.2) is 0 Å². The quantitative estimate of drug-likeness (QED) is 0.702. The molecule has 1 fully saturated rings. The highest BCUT2D eigenvalue weighted by atomic mass is 16.5. The van der Waals surface area contributed by atoms with Gasteiger partial charge in [0.05, 0.1) is 23.0 Å². The summed E-state index contributed by atoms with van der Waals surface area (Å²) in [5.41, 5.74) is 12.6. The van der Waals surface area contributed by atoms with Gasteiger partial charge in [-0.1, -0.05) is 6.07 Å². The number of rotatable bonds is 4. The summed E-state index contributed by atoms with van der Waals surface area (Å²) in [6, 6.07) is 5.23. The highest BCUT2D eigenvalue weighted by molar-refractivity contribution is 6.00. The molecule has 18 heavy (non-hydrogen) atoms. The second-order valence-electron chi connectivity index (χ2n) is 4.50. The number of para-hydroxylation sites is 1. The summed E-state index contributed by atoms with van der Waals surface area (Å²) in [6.45, 7) is 1.52. The van der Waals surface area contributed by atoms with Crippen molar-refractivity contribution in [3.63, 3.8) is 0 Å². The molecule has 0 spiro atoms. The van der Waals surface area contributed by atoms with Gasteiger partial charge in [0, 0.05) is 13.2 Å². The van der Waals surface area contributed by atoms with Crippen LogP contribution < -0.4 is 16.8 Å². The van der Waals surface area contributed by atoms with Gasteiger partial charge >= 0.3 is 0 Å². The molecule has 1 aliphatic rings. The predicted octanol–water partition coefficient (Wildman–Crippen LogP) is 1.35. The molecule has 0 bridgehead atoms.